The van der Waals surface area contributed by atoms with Crippen molar-refractivity contribution in [1.29, 1.82) is 0 Å². The summed E-state index contributed by atoms with van der Waals surface area (Å²) in [7, 11) is -3.22. The van der Waals surface area contributed by atoms with E-state index in [-0.39, 0.29) is 0 Å². The maximum Gasteiger partial charge on any atom is 0.215 e. The summed E-state index contributed by atoms with van der Waals surface area (Å²) in [5.74, 6) is 0. The van der Waals surface area contributed by atoms with Gasteiger partial charge in [-0.1, -0.05) is 0 Å². The molecule has 1 aromatic heterocycles. The van der Waals surface area contributed by atoms with E-state index in [2.05, 4.69) is 15.0 Å². The molecule has 102 valence electrons. The predicted octanol–water partition coefficient (Wildman–Crippen LogP) is 0.746. The molecule has 5 nitrogen and oxygen atoms in total. The molecule has 0 amide bonds. The van der Waals surface area contributed by atoms with E-state index in [4.69, 9.17) is 0 Å². The highest BCUT2D eigenvalue weighted by atomic mass is 32.2. The van der Waals surface area contributed by atoms with Gasteiger partial charge in [0, 0.05) is 37.1 Å². The second kappa shape index (κ2) is 6.10. The first-order chi connectivity index (χ1) is 8.58. The van der Waals surface area contributed by atoms with E-state index < -0.39 is 15.3 Å². The zero-order valence-corrected chi connectivity index (χ0v) is 12.1. The highest BCUT2D eigenvalue weighted by Crippen LogP contribution is 2.18. The van der Waals surface area contributed by atoms with Gasteiger partial charge >= 0.3 is 0 Å². The molecule has 1 aliphatic rings. The van der Waals surface area contributed by atoms with Crippen molar-refractivity contribution >= 4 is 21.4 Å². The third-order valence-corrected chi connectivity index (χ3v) is 5.60. The van der Waals surface area contributed by atoms with Crippen molar-refractivity contribution in [3.8, 4) is 0 Å². The van der Waals surface area contributed by atoms with E-state index in [1.165, 1.54) is 12.8 Å². The second-order valence-corrected chi connectivity index (χ2v) is 7.77. The van der Waals surface area contributed by atoms with Crippen LogP contribution in [-0.4, -0.2) is 37.8 Å². The zero-order chi connectivity index (χ0) is 13.0. The number of hydrogen-bond donors (Lipinski definition) is 2. The average molecular weight is 289 g/mol. The molecule has 0 aliphatic heterocycles. The van der Waals surface area contributed by atoms with Crippen molar-refractivity contribution < 1.29 is 8.42 Å². The lowest BCUT2D eigenvalue weighted by Crippen LogP contribution is -2.40. The smallest absolute Gasteiger partial charge is 0.215 e. The van der Waals surface area contributed by atoms with Gasteiger partial charge in [-0.2, -0.15) is 0 Å². The summed E-state index contributed by atoms with van der Waals surface area (Å²) in [5.41, 5.74) is 0. The van der Waals surface area contributed by atoms with E-state index in [1.807, 2.05) is 5.38 Å². The predicted molar refractivity (Wildman–Crippen MR) is 73.2 cm³/mol. The zero-order valence-electron chi connectivity index (χ0n) is 10.4. The van der Waals surface area contributed by atoms with Gasteiger partial charge in [0.2, 0.25) is 10.0 Å². The van der Waals surface area contributed by atoms with Crippen LogP contribution in [0.4, 0.5) is 0 Å². The van der Waals surface area contributed by atoms with Gasteiger partial charge in [-0.05, 0) is 19.8 Å². The Bertz CT molecular complexity index is 455. The Morgan fingerprint density at radius 3 is 2.94 bits per heavy atom. The standard InChI is InChI=1S/C11H19N3O2S2/c1-9(8-13-10-2-3-10)18(15,16)14-5-4-11-12-6-7-17-11/h6-7,9-10,13-14H,2-5,8H2,1H3. The molecular weight excluding hydrogens is 270 g/mol. The van der Waals surface area contributed by atoms with Crippen molar-refractivity contribution in [1.82, 2.24) is 15.0 Å². The number of nitrogens with one attached hydrogen (secondary N) is 2. The first-order valence-corrected chi connectivity index (χ1v) is 8.61. The minimum atomic E-state index is -3.22. The second-order valence-electron chi connectivity index (χ2n) is 4.61. The third-order valence-electron chi connectivity index (χ3n) is 2.93. The third kappa shape index (κ3) is 4.31. The lowest BCUT2D eigenvalue weighted by Gasteiger charge is -2.14. The van der Waals surface area contributed by atoms with Crippen LogP contribution in [0.3, 0.4) is 0 Å². The average Bonchev–Trinajstić information content (AvgIpc) is 3.02. The normalized spacial score (nSPS) is 17.8. The molecule has 0 radical (unpaired) electrons. The molecule has 18 heavy (non-hydrogen) atoms. The molecule has 1 heterocycles. The van der Waals surface area contributed by atoms with Gasteiger partial charge in [0.1, 0.15) is 0 Å². The Hall–Kier alpha value is -0.500. The summed E-state index contributed by atoms with van der Waals surface area (Å²) >= 11 is 1.55. The highest BCUT2D eigenvalue weighted by molar-refractivity contribution is 7.90. The molecule has 0 bridgehead atoms. The Labute approximate surface area is 112 Å². The lowest BCUT2D eigenvalue weighted by molar-refractivity contribution is 0.557. The van der Waals surface area contributed by atoms with Crippen LogP contribution < -0.4 is 10.0 Å². The number of nitrogens with zero attached hydrogens (tertiary/aromatic N) is 1. The van der Waals surface area contributed by atoms with Crippen LogP contribution in [-0.2, 0) is 16.4 Å². The van der Waals surface area contributed by atoms with Crippen molar-refractivity contribution in [2.75, 3.05) is 13.1 Å². The molecule has 1 fully saturated rings. The monoisotopic (exact) mass is 289 g/mol. The van der Waals surface area contributed by atoms with Crippen LogP contribution in [0.25, 0.3) is 0 Å². The minimum Gasteiger partial charge on any atom is -0.313 e. The van der Waals surface area contributed by atoms with E-state index >= 15 is 0 Å². The SMILES string of the molecule is CC(CNC1CC1)S(=O)(=O)NCCc1nccs1. The molecule has 0 saturated heterocycles. The van der Waals surface area contributed by atoms with Gasteiger partial charge in [-0.25, -0.2) is 18.1 Å². The molecule has 1 aromatic rings. The molecule has 1 saturated carbocycles. The number of thiazole rings is 1. The van der Waals surface area contributed by atoms with E-state index in [1.54, 1.807) is 24.5 Å². The summed E-state index contributed by atoms with van der Waals surface area (Å²) < 4.78 is 26.5. The number of rotatable bonds is 8. The summed E-state index contributed by atoms with van der Waals surface area (Å²) in [6.45, 7) is 2.68. The van der Waals surface area contributed by atoms with Crippen molar-refractivity contribution in [3.05, 3.63) is 16.6 Å². The molecule has 1 atom stereocenters. The fourth-order valence-electron chi connectivity index (χ4n) is 1.55. The van der Waals surface area contributed by atoms with Crippen LogP contribution >= 0.6 is 11.3 Å². The summed E-state index contributed by atoms with van der Waals surface area (Å²) in [4.78, 5) is 4.12. The van der Waals surface area contributed by atoms with Crippen molar-refractivity contribution in [2.24, 2.45) is 0 Å². The molecule has 2 N–H and O–H groups in total. The van der Waals surface area contributed by atoms with Crippen molar-refractivity contribution in [3.63, 3.8) is 0 Å². The van der Waals surface area contributed by atoms with Crippen LogP contribution in [0.1, 0.15) is 24.8 Å². The Morgan fingerprint density at radius 2 is 2.33 bits per heavy atom. The van der Waals surface area contributed by atoms with Gasteiger partial charge in [0.25, 0.3) is 0 Å². The Kier molecular flexibility index (Phi) is 4.71. The molecule has 1 unspecified atom stereocenters. The molecule has 0 aromatic carbocycles. The fourth-order valence-corrected chi connectivity index (χ4v) is 3.16. The van der Waals surface area contributed by atoms with Gasteiger partial charge in [0.15, 0.2) is 0 Å². The van der Waals surface area contributed by atoms with Crippen LogP contribution in [0.15, 0.2) is 11.6 Å². The Morgan fingerprint density at radius 1 is 1.56 bits per heavy atom. The maximum absolute atomic E-state index is 11.9. The van der Waals surface area contributed by atoms with Gasteiger partial charge in [-0.3, -0.25) is 0 Å². The molecule has 1 aliphatic carbocycles. The van der Waals surface area contributed by atoms with Gasteiger partial charge < -0.3 is 5.32 Å². The minimum absolute atomic E-state index is 0.394. The topological polar surface area (TPSA) is 71.1 Å². The highest BCUT2D eigenvalue weighted by Gasteiger charge is 2.25. The largest absolute Gasteiger partial charge is 0.313 e. The first kappa shape index (κ1) is 13.9. The maximum atomic E-state index is 11.9. The number of aromatic nitrogens is 1. The number of sulfonamides is 1. The molecule has 7 heteroatoms. The molecule has 0 spiro atoms. The first-order valence-electron chi connectivity index (χ1n) is 6.18. The molecule has 2 rings (SSSR count). The van der Waals surface area contributed by atoms with E-state index in [0.717, 1.165) is 5.01 Å². The van der Waals surface area contributed by atoms with Gasteiger partial charge in [-0.15, -0.1) is 11.3 Å². The summed E-state index contributed by atoms with van der Waals surface area (Å²) in [6.07, 6.45) is 4.73. The van der Waals surface area contributed by atoms with Crippen molar-refractivity contribution in [2.45, 2.75) is 37.5 Å². The number of hydrogen-bond acceptors (Lipinski definition) is 5. The van der Waals surface area contributed by atoms with Gasteiger partial charge in [0.05, 0.1) is 10.3 Å². The van der Waals surface area contributed by atoms with E-state index in [9.17, 15) is 8.42 Å². The van der Waals surface area contributed by atoms with E-state index in [0.29, 0.717) is 25.6 Å². The Balaban J connectivity index is 1.71. The van der Waals surface area contributed by atoms with Crippen LogP contribution in [0.2, 0.25) is 0 Å². The summed E-state index contributed by atoms with van der Waals surface area (Å²) in [5, 5.41) is 5.70. The lowest BCUT2D eigenvalue weighted by atomic mass is 10.4. The fraction of sp³-hybridized carbons (Fsp3) is 0.727. The summed E-state index contributed by atoms with van der Waals surface area (Å²) in [6, 6.07) is 0.540. The quantitative estimate of drug-likeness (QED) is 0.741. The molecular formula is C11H19N3O2S2. The van der Waals surface area contributed by atoms with Crippen LogP contribution in [0.5, 0.6) is 0 Å². The van der Waals surface area contributed by atoms with Crippen LogP contribution in [0, 0.1) is 0 Å².